The molecule has 4 aromatic heterocycles. The van der Waals surface area contributed by atoms with E-state index in [9.17, 15) is 14.4 Å². The number of amides is 2. The standard InChI is InChI=1S/C29H19NO7/c1-2-17-11-12-22-19(15-17)20(16-25(31)36-22)27-26(18-7-3-4-8-21(18)37-27)30(28(32)23-9-5-13-34-23)29(33)24-10-6-14-35-24/h3-16H,2H2,1H3. The lowest BCUT2D eigenvalue weighted by atomic mass is 10.0. The Kier molecular flexibility index (Phi) is 5.34. The van der Waals surface area contributed by atoms with E-state index in [2.05, 4.69) is 0 Å². The van der Waals surface area contributed by atoms with Gasteiger partial charge in [0, 0.05) is 22.4 Å². The van der Waals surface area contributed by atoms with Gasteiger partial charge in [-0.15, -0.1) is 0 Å². The van der Waals surface area contributed by atoms with E-state index in [4.69, 9.17) is 17.7 Å². The summed E-state index contributed by atoms with van der Waals surface area (Å²) in [6, 6.07) is 19.8. The molecular weight excluding hydrogens is 474 g/mol. The monoisotopic (exact) mass is 493 g/mol. The quantitative estimate of drug-likeness (QED) is 0.201. The highest BCUT2D eigenvalue weighted by atomic mass is 16.4. The Morgan fingerprint density at radius 1 is 0.757 bits per heavy atom. The van der Waals surface area contributed by atoms with E-state index in [1.807, 2.05) is 19.1 Å². The number of hydrogen-bond donors (Lipinski definition) is 0. The number of nitrogens with zero attached hydrogens (tertiary/aromatic N) is 1. The van der Waals surface area contributed by atoms with E-state index in [0.29, 0.717) is 27.5 Å². The molecule has 8 nitrogen and oxygen atoms in total. The lowest BCUT2D eigenvalue weighted by Gasteiger charge is -2.19. The Hall–Kier alpha value is -5.11. The second-order valence-corrected chi connectivity index (χ2v) is 8.34. The van der Waals surface area contributed by atoms with Crippen LogP contribution in [0, 0.1) is 0 Å². The van der Waals surface area contributed by atoms with Crippen molar-refractivity contribution in [2.24, 2.45) is 0 Å². The second kappa shape index (κ2) is 8.83. The van der Waals surface area contributed by atoms with Crippen molar-refractivity contribution in [2.75, 3.05) is 4.90 Å². The summed E-state index contributed by atoms with van der Waals surface area (Å²) < 4.78 is 22.4. The normalized spacial score (nSPS) is 11.3. The molecule has 0 aliphatic carbocycles. The average Bonchev–Trinajstić information content (AvgIpc) is 3.70. The number of furan rings is 3. The summed E-state index contributed by atoms with van der Waals surface area (Å²) in [5.41, 5.74) is 1.73. The third kappa shape index (κ3) is 3.75. The topological polar surface area (TPSA) is 107 Å². The number of imide groups is 1. The Bertz CT molecular complexity index is 1780. The van der Waals surface area contributed by atoms with Gasteiger partial charge in [0.2, 0.25) is 0 Å². The zero-order valence-electron chi connectivity index (χ0n) is 19.6. The molecule has 0 atom stereocenters. The summed E-state index contributed by atoms with van der Waals surface area (Å²) in [7, 11) is 0. The molecule has 0 spiro atoms. The summed E-state index contributed by atoms with van der Waals surface area (Å²) in [6.07, 6.45) is 3.44. The van der Waals surface area contributed by atoms with E-state index in [1.165, 1.54) is 30.7 Å². The fourth-order valence-corrected chi connectivity index (χ4v) is 4.37. The molecule has 0 saturated heterocycles. The predicted octanol–water partition coefficient (Wildman–Crippen LogP) is 6.44. The van der Waals surface area contributed by atoms with E-state index in [-0.39, 0.29) is 23.0 Å². The first-order chi connectivity index (χ1) is 18.0. The molecule has 182 valence electrons. The second-order valence-electron chi connectivity index (χ2n) is 8.34. The maximum absolute atomic E-state index is 13.7. The van der Waals surface area contributed by atoms with Crippen LogP contribution in [-0.2, 0) is 6.42 Å². The van der Waals surface area contributed by atoms with Crippen LogP contribution in [0.5, 0.6) is 0 Å². The van der Waals surface area contributed by atoms with Gasteiger partial charge >= 0.3 is 17.4 Å². The van der Waals surface area contributed by atoms with Gasteiger partial charge in [0.05, 0.1) is 12.5 Å². The third-order valence-electron chi connectivity index (χ3n) is 6.12. The predicted molar refractivity (Wildman–Crippen MR) is 136 cm³/mol. The summed E-state index contributed by atoms with van der Waals surface area (Å²) in [5.74, 6) is -1.39. The molecule has 0 saturated carbocycles. The van der Waals surface area contributed by atoms with E-state index in [0.717, 1.165) is 16.9 Å². The third-order valence-corrected chi connectivity index (χ3v) is 6.12. The molecule has 2 aromatic carbocycles. The smallest absolute Gasteiger partial charge is 0.336 e. The van der Waals surface area contributed by atoms with Crippen molar-refractivity contribution in [3.8, 4) is 11.3 Å². The van der Waals surface area contributed by atoms with Crippen LogP contribution < -0.4 is 10.5 Å². The Balaban J connectivity index is 1.69. The molecule has 6 aromatic rings. The SMILES string of the molecule is CCc1ccc2oc(=O)cc(-c3oc4ccccc4c3N(C(=O)c3ccco3)C(=O)c3ccco3)c2c1. The number of carbonyl (C=O) groups is 2. The van der Waals surface area contributed by atoms with Crippen molar-refractivity contribution in [1.29, 1.82) is 0 Å². The Morgan fingerprint density at radius 3 is 2.08 bits per heavy atom. The average molecular weight is 493 g/mol. The molecule has 37 heavy (non-hydrogen) atoms. The van der Waals surface area contributed by atoms with Gasteiger partial charge in [-0.25, -0.2) is 9.69 Å². The van der Waals surface area contributed by atoms with Gasteiger partial charge in [-0.1, -0.05) is 25.1 Å². The van der Waals surface area contributed by atoms with E-state index >= 15 is 0 Å². The van der Waals surface area contributed by atoms with Crippen molar-refractivity contribution in [1.82, 2.24) is 0 Å². The number of rotatable bonds is 5. The van der Waals surface area contributed by atoms with Gasteiger partial charge in [-0.2, -0.15) is 0 Å². The first-order valence-electron chi connectivity index (χ1n) is 11.6. The molecule has 2 amide bonds. The minimum atomic E-state index is -0.722. The Labute approximate surface area is 209 Å². The van der Waals surface area contributed by atoms with Gasteiger partial charge in [0.1, 0.15) is 16.9 Å². The molecule has 6 rings (SSSR count). The summed E-state index contributed by atoms with van der Waals surface area (Å²) in [5, 5.41) is 1.10. The zero-order chi connectivity index (χ0) is 25.5. The van der Waals surface area contributed by atoms with E-state index < -0.39 is 17.4 Å². The molecular formula is C29H19NO7. The largest absolute Gasteiger partial charge is 0.459 e. The number of hydrogen-bond acceptors (Lipinski definition) is 7. The summed E-state index contributed by atoms with van der Waals surface area (Å²) >= 11 is 0. The number of fused-ring (bicyclic) bond motifs is 2. The fraction of sp³-hybridized carbons (Fsp3) is 0.0690. The highest BCUT2D eigenvalue weighted by Crippen LogP contribution is 2.43. The lowest BCUT2D eigenvalue weighted by molar-refractivity contribution is 0.0867. The fourth-order valence-electron chi connectivity index (χ4n) is 4.37. The van der Waals surface area contributed by atoms with E-state index in [1.54, 1.807) is 42.5 Å². The van der Waals surface area contributed by atoms with Crippen molar-refractivity contribution in [3.05, 3.63) is 113 Å². The number of aryl methyl sites for hydroxylation is 1. The molecule has 0 bridgehead atoms. The zero-order valence-corrected chi connectivity index (χ0v) is 19.6. The Morgan fingerprint density at radius 2 is 1.43 bits per heavy atom. The van der Waals surface area contributed by atoms with Crippen LogP contribution in [0.2, 0.25) is 0 Å². The van der Waals surface area contributed by atoms with Gasteiger partial charge in [0.25, 0.3) is 0 Å². The molecule has 0 radical (unpaired) electrons. The number of para-hydroxylation sites is 1. The highest BCUT2D eigenvalue weighted by molar-refractivity contribution is 6.28. The van der Waals surface area contributed by atoms with Crippen molar-refractivity contribution < 1.29 is 27.3 Å². The molecule has 0 aliphatic rings. The van der Waals surface area contributed by atoms with Crippen LogP contribution >= 0.6 is 0 Å². The van der Waals surface area contributed by atoms with Crippen molar-refractivity contribution in [2.45, 2.75) is 13.3 Å². The van der Waals surface area contributed by atoms with Crippen molar-refractivity contribution in [3.63, 3.8) is 0 Å². The van der Waals surface area contributed by atoms with Gasteiger partial charge in [0.15, 0.2) is 17.3 Å². The van der Waals surface area contributed by atoms with Crippen LogP contribution in [0.3, 0.4) is 0 Å². The van der Waals surface area contributed by atoms with Crippen LogP contribution in [0.4, 0.5) is 5.69 Å². The van der Waals surface area contributed by atoms with Crippen LogP contribution in [-0.4, -0.2) is 11.8 Å². The molecule has 0 N–H and O–H groups in total. The van der Waals surface area contributed by atoms with Crippen LogP contribution in [0.15, 0.2) is 108 Å². The molecule has 0 fully saturated rings. The molecule has 4 heterocycles. The summed E-state index contributed by atoms with van der Waals surface area (Å²) in [6.45, 7) is 2.01. The van der Waals surface area contributed by atoms with Gasteiger partial charge < -0.3 is 17.7 Å². The first-order valence-corrected chi connectivity index (χ1v) is 11.6. The maximum atomic E-state index is 13.7. The number of benzene rings is 2. The first kappa shape index (κ1) is 22.4. The van der Waals surface area contributed by atoms with Crippen molar-refractivity contribution >= 4 is 39.4 Å². The highest BCUT2D eigenvalue weighted by Gasteiger charge is 2.35. The number of carbonyl (C=O) groups excluding carboxylic acids is 2. The molecule has 0 aliphatic heterocycles. The number of anilines is 1. The molecule has 0 unspecified atom stereocenters. The van der Waals surface area contributed by atoms with Gasteiger partial charge in [-0.05, 0) is 60.5 Å². The minimum absolute atomic E-state index is 0.0539. The summed E-state index contributed by atoms with van der Waals surface area (Å²) in [4.78, 5) is 41.0. The van der Waals surface area contributed by atoms with Crippen LogP contribution in [0.25, 0.3) is 33.3 Å². The lowest BCUT2D eigenvalue weighted by Crippen LogP contribution is -2.37. The maximum Gasteiger partial charge on any atom is 0.336 e. The van der Waals surface area contributed by atoms with Crippen LogP contribution in [0.1, 0.15) is 33.6 Å². The van der Waals surface area contributed by atoms with Gasteiger partial charge in [-0.3, -0.25) is 9.59 Å². The minimum Gasteiger partial charge on any atom is -0.459 e. The molecule has 8 heteroatoms.